The van der Waals surface area contributed by atoms with E-state index in [0.717, 1.165) is 40.6 Å². The van der Waals surface area contributed by atoms with E-state index >= 15 is 0 Å². The van der Waals surface area contributed by atoms with Crippen molar-refractivity contribution in [3.05, 3.63) is 75.4 Å². The number of halogens is 2. The van der Waals surface area contributed by atoms with Crippen LogP contribution in [0.5, 0.6) is 0 Å². The van der Waals surface area contributed by atoms with Gasteiger partial charge in [-0.1, -0.05) is 60.8 Å². The number of para-hydroxylation sites is 1. The average molecular weight is 484 g/mol. The van der Waals surface area contributed by atoms with E-state index in [0.29, 0.717) is 35.1 Å². The first kappa shape index (κ1) is 23.4. The number of rotatable bonds is 6. The Hall–Kier alpha value is -2.76. The SMILES string of the molecule is CCCCNC(=O)C(c1c(Cl)cccc1Cl)N1CCc2c([nH]c3ccccc23)/C(C)=C\C1=O. The number of H-pyrrole nitrogens is 1. The zero-order chi connectivity index (χ0) is 23.5. The van der Waals surface area contributed by atoms with E-state index in [2.05, 4.69) is 23.3 Å². The summed E-state index contributed by atoms with van der Waals surface area (Å²) in [6, 6.07) is 12.3. The normalized spacial score (nSPS) is 16.5. The van der Waals surface area contributed by atoms with E-state index in [1.807, 2.05) is 25.1 Å². The Bertz CT molecular complexity index is 1210. The molecule has 1 unspecified atom stereocenters. The lowest BCUT2D eigenvalue weighted by Crippen LogP contribution is -2.45. The van der Waals surface area contributed by atoms with Crippen molar-refractivity contribution in [1.29, 1.82) is 0 Å². The lowest BCUT2D eigenvalue weighted by Gasteiger charge is -2.33. The fourth-order valence-corrected chi connectivity index (χ4v) is 5.02. The number of nitrogens with one attached hydrogen (secondary N) is 2. The molecule has 0 saturated carbocycles. The molecule has 2 amide bonds. The third kappa shape index (κ3) is 4.66. The zero-order valence-electron chi connectivity index (χ0n) is 18.8. The number of unbranched alkanes of at least 4 members (excludes halogenated alkanes) is 1. The lowest BCUT2D eigenvalue weighted by molar-refractivity contribution is -0.137. The number of hydrogen-bond acceptors (Lipinski definition) is 2. The molecular formula is C26H27Cl2N3O2. The van der Waals surface area contributed by atoms with Crippen molar-refractivity contribution in [1.82, 2.24) is 15.2 Å². The molecular weight excluding hydrogens is 457 g/mol. The summed E-state index contributed by atoms with van der Waals surface area (Å²) in [5.41, 5.74) is 4.40. The molecule has 1 aliphatic heterocycles. The molecule has 2 aromatic carbocycles. The first-order valence-corrected chi connectivity index (χ1v) is 12.0. The predicted octanol–water partition coefficient (Wildman–Crippen LogP) is 5.92. The summed E-state index contributed by atoms with van der Waals surface area (Å²) in [4.78, 5) is 31.9. The summed E-state index contributed by atoms with van der Waals surface area (Å²) in [7, 11) is 0. The van der Waals surface area contributed by atoms with Gasteiger partial charge in [0.2, 0.25) is 11.8 Å². The van der Waals surface area contributed by atoms with Gasteiger partial charge in [0.25, 0.3) is 0 Å². The Morgan fingerprint density at radius 3 is 2.61 bits per heavy atom. The van der Waals surface area contributed by atoms with Crippen LogP contribution in [0, 0.1) is 0 Å². The van der Waals surface area contributed by atoms with Crippen LogP contribution in [0.4, 0.5) is 0 Å². The molecule has 5 nitrogen and oxygen atoms in total. The van der Waals surface area contributed by atoms with Gasteiger partial charge in [0.05, 0.1) is 0 Å². The summed E-state index contributed by atoms with van der Waals surface area (Å²) in [5, 5.41) is 4.81. The number of fused-ring (bicyclic) bond motifs is 3. The maximum atomic E-state index is 13.4. The highest BCUT2D eigenvalue weighted by Gasteiger charge is 2.34. The van der Waals surface area contributed by atoms with Crippen molar-refractivity contribution in [3.8, 4) is 0 Å². The summed E-state index contributed by atoms with van der Waals surface area (Å²) >= 11 is 13.0. The number of carbonyl (C=O) groups excluding carboxylic acids is 2. The van der Waals surface area contributed by atoms with Crippen LogP contribution in [0.3, 0.4) is 0 Å². The molecule has 2 heterocycles. The Morgan fingerprint density at radius 2 is 1.88 bits per heavy atom. The van der Waals surface area contributed by atoms with E-state index < -0.39 is 6.04 Å². The molecule has 2 N–H and O–H groups in total. The molecule has 172 valence electrons. The van der Waals surface area contributed by atoms with Crippen LogP contribution in [0.2, 0.25) is 10.0 Å². The molecule has 0 aliphatic carbocycles. The van der Waals surface area contributed by atoms with Gasteiger partial charge >= 0.3 is 0 Å². The fourth-order valence-electron chi connectivity index (χ4n) is 4.42. The number of carbonyl (C=O) groups is 2. The molecule has 0 bridgehead atoms. The summed E-state index contributed by atoms with van der Waals surface area (Å²) in [5.74, 6) is -0.527. The zero-order valence-corrected chi connectivity index (χ0v) is 20.3. The van der Waals surface area contributed by atoms with E-state index in [1.165, 1.54) is 0 Å². The molecule has 1 aliphatic rings. The minimum atomic E-state index is -0.925. The van der Waals surface area contributed by atoms with Crippen LogP contribution in [-0.2, 0) is 16.0 Å². The summed E-state index contributed by atoms with van der Waals surface area (Å²) in [6.45, 7) is 4.85. The maximum Gasteiger partial charge on any atom is 0.247 e. The first-order valence-electron chi connectivity index (χ1n) is 11.2. The second-order valence-electron chi connectivity index (χ2n) is 8.32. The highest BCUT2D eigenvalue weighted by Crippen LogP contribution is 2.36. The molecule has 0 spiro atoms. The molecule has 0 saturated heterocycles. The van der Waals surface area contributed by atoms with Gasteiger partial charge in [0.1, 0.15) is 6.04 Å². The van der Waals surface area contributed by atoms with Gasteiger partial charge < -0.3 is 15.2 Å². The number of aromatic amines is 1. The van der Waals surface area contributed by atoms with Gasteiger partial charge in [-0.3, -0.25) is 9.59 Å². The molecule has 1 aromatic heterocycles. The topological polar surface area (TPSA) is 65.2 Å². The largest absolute Gasteiger partial charge is 0.355 e. The van der Waals surface area contributed by atoms with Gasteiger partial charge in [0, 0.05) is 51.4 Å². The Kier molecular flexibility index (Phi) is 7.11. The monoisotopic (exact) mass is 483 g/mol. The van der Waals surface area contributed by atoms with E-state index in [4.69, 9.17) is 23.2 Å². The quantitative estimate of drug-likeness (QED) is 0.427. The second-order valence-corrected chi connectivity index (χ2v) is 9.13. The molecule has 0 fully saturated rings. The van der Waals surface area contributed by atoms with Gasteiger partial charge in [-0.15, -0.1) is 0 Å². The number of nitrogens with zero attached hydrogens (tertiary/aromatic N) is 1. The lowest BCUT2D eigenvalue weighted by atomic mass is 9.98. The predicted molar refractivity (Wildman–Crippen MR) is 134 cm³/mol. The van der Waals surface area contributed by atoms with Gasteiger partial charge in [-0.25, -0.2) is 0 Å². The molecule has 7 heteroatoms. The summed E-state index contributed by atoms with van der Waals surface area (Å²) in [6.07, 6.45) is 3.98. The van der Waals surface area contributed by atoms with Crippen LogP contribution in [-0.4, -0.2) is 34.8 Å². The van der Waals surface area contributed by atoms with Crippen LogP contribution in [0.1, 0.15) is 49.6 Å². The van der Waals surface area contributed by atoms with Crippen LogP contribution in [0.25, 0.3) is 16.5 Å². The van der Waals surface area contributed by atoms with Crippen LogP contribution >= 0.6 is 23.2 Å². The average Bonchev–Trinajstić information content (AvgIpc) is 3.15. The standard InChI is InChI=1S/C26H27Cl2N3O2/c1-3-4-13-29-26(33)25(23-19(27)9-7-10-20(23)28)31-14-12-18-17-8-5-6-11-21(17)30-24(18)16(2)15-22(31)32/h5-11,15,25,30H,3-4,12-14H2,1-2H3,(H,29,33)/b16-15-. The van der Waals surface area contributed by atoms with Gasteiger partial charge in [-0.05, 0) is 49.1 Å². The number of allylic oxidation sites excluding steroid dienone is 1. The third-order valence-corrected chi connectivity index (χ3v) is 6.76. The molecule has 1 atom stereocenters. The number of benzene rings is 2. The van der Waals surface area contributed by atoms with Crippen molar-refractivity contribution in [3.63, 3.8) is 0 Å². The van der Waals surface area contributed by atoms with Gasteiger partial charge in [0.15, 0.2) is 0 Å². The highest BCUT2D eigenvalue weighted by atomic mass is 35.5. The number of aromatic nitrogens is 1. The smallest absolute Gasteiger partial charge is 0.247 e. The highest BCUT2D eigenvalue weighted by molar-refractivity contribution is 6.36. The Morgan fingerprint density at radius 1 is 1.15 bits per heavy atom. The minimum Gasteiger partial charge on any atom is -0.355 e. The van der Waals surface area contributed by atoms with E-state index in [9.17, 15) is 9.59 Å². The fraction of sp³-hybridized carbons (Fsp3) is 0.308. The van der Waals surface area contributed by atoms with E-state index in [1.54, 1.807) is 29.2 Å². The molecule has 3 aromatic rings. The van der Waals surface area contributed by atoms with Crippen molar-refractivity contribution >= 4 is 51.5 Å². The van der Waals surface area contributed by atoms with Crippen molar-refractivity contribution in [2.45, 2.75) is 39.2 Å². The van der Waals surface area contributed by atoms with Crippen molar-refractivity contribution in [2.75, 3.05) is 13.1 Å². The Labute approximate surface area is 203 Å². The molecule has 33 heavy (non-hydrogen) atoms. The van der Waals surface area contributed by atoms with Crippen LogP contribution < -0.4 is 5.32 Å². The van der Waals surface area contributed by atoms with Crippen molar-refractivity contribution < 1.29 is 9.59 Å². The third-order valence-electron chi connectivity index (χ3n) is 6.10. The molecule has 0 radical (unpaired) electrons. The number of hydrogen-bond donors (Lipinski definition) is 2. The van der Waals surface area contributed by atoms with Crippen LogP contribution in [0.15, 0.2) is 48.5 Å². The summed E-state index contributed by atoms with van der Waals surface area (Å²) < 4.78 is 0. The first-order chi connectivity index (χ1) is 15.9. The van der Waals surface area contributed by atoms with Crippen molar-refractivity contribution in [2.24, 2.45) is 0 Å². The maximum absolute atomic E-state index is 13.4. The van der Waals surface area contributed by atoms with Gasteiger partial charge in [-0.2, -0.15) is 0 Å². The number of amides is 2. The van der Waals surface area contributed by atoms with E-state index in [-0.39, 0.29) is 11.8 Å². The minimum absolute atomic E-state index is 0.247. The molecule has 4 rings (SSSR count). The Balaban J connectivity index is 1.78. The second kappa shape index (κ2) is 10.0.